The number of carbonyl (C=O) groups is 2. The summed E-state index contributed by atoms with van der Waals surface area (Å²) in [4.78, 5) is 25.5. The molecule has 1 aromatic carbocycles. The van der Waals surface area contributed by atoms with E-state index in [0.29, 0.717) is 42.1 Å². The zero-order valence-corrected chi connectivity index (χ0v) is 26.5. The highest BCUT2D eigenvalue weighted by atomic mass is 16.4. The molecule has 0 aromatic heterocycles. The molecule has 0 heterocycles. The number of rotatable bonds is 5. The van der Waals surface area contributed by atoms with Gasteiger partial charge in [0.05, 0.1) is 17.1 Å². The molecule has 5 heteroatoms. The molecule has 0 radical (unpaired) electrons. The van der Waals surface area contributed by atoms with Crippen LogP contribution in [0.25, 0.3) is 0 Å². The molecule has 0 bridgehead atoms. The van der Waals surface area contributed by atoms with Crippen LogP contribution in [-0.2, 0) is 11.3 Å². The molecule has 6 rings (SSSR count). The molecule has 5 nitrogen and oxygen atoms in total. The van der Waals surface area contributed by atoms with Gasteiger partial charge in [-0.3, -0.25) is 4.79 Å². The van der Waals surface area contributed by atoms with Gasteiger partial charge in [-0.05, 0) is 141 Å². The lowest BCUT2D eigenvalue weighted by Gasteiger charge is -2.69. The van der Waals surface area contributed by atoms with Gasteiger partial charge in [-0.2, -0.15) is 0 Å². The number of benzene rings is 1. The zero-order chi connectivity index (χ0) is 30.2. The lowest BCUT2D eigenvalue weighted by molar-refractivity contribution is -0.216. The van der Waals surface area contributed by atoms with E-state index in [1.807, 2.05) is 12.1 Å². The number of carboxylic acid groups (broad SMARTS) is 1. The van der Waals surface area contributed by atoms with Gasteiger partial charge >= 0.3 is 5.97 Å². The van der Waals surface area contributed by atoms with E-state index < -0.39 is 5.97 Å². The summed E-state index contributed by atoms with van der Waals surface area (Å²) >= 11 is 0. The molecule has 5 fully saturated rings. The third-order valence-corrected chi connectivity index (χ3v) is 14.3. The summed E-state index contributed by atoms with van der Waals surface area (Å²) in [6.07, 6.45) is 10.8. The SMILES string of the molecule is C=C(C)[C@@H]1CCC2(C(=O)NCc3ccc(C(=O)O)cc3)CCC3C(CCC4C3(C)CCC3C(C)(C)C(O)CCC34C)C12. The first-order valence-corrected chi connectivity index (χ1v) is 16.7. The molecule has 0 aliphatic heterocycles. The first kappa shape index (κ1) is 29.9. The number of carboxylic acids is 1. The molecular formula is C37H53NO4. The Balaban J connectivity index is 1.26. The molecule has 0 spiro atoms. The Morgan fingerprint density at radius 1 is 0.881 bits per heavy atom. The van der Waals surface area contributed by atoms with E-state index in [1.54, 1.807) is 12.1 Å². The maximum Gasteiger partial charge on any atom is 0.335 e. The smallest absolute Gasteiger partial charge is 0.335 e. The molecule has 9 unspecified atom stereocenters. The average molecular weight is 576 g/mol. The standard InChI is InChI=1S/C37H53NO4/c1-22(2)25-13-19-37(33(42)38-21-23-7-9-24(10-8-23)32(40)41)20-14-27-26(31(25)37)11-12-29-35(27,5)17-15-28-34(3,4)30(39)16-18-36(28,29)6/h7-10,25-31,39H,1,11-21H2,2-6H3,(H,38,42)(H,40,41)/t25-,26?,27?,28?,29?,30?,31?,35?,36?,37?/m0/s1. The van der Waals surface area contributed by atoms with Gasteiger partial charge < -0.3 is 15.5 Å². The van der Waals surface area contributed by atoms with Crippen molar-refractivity contribution in [3.63, 3.8) is 0 Å². The summed E-state index contributed by atoms with van der Waals surface area (Å²) in [5.74, 6) is 2.43. The van der Waals surface area contributed by atoms with E-state index in [2.05, 4.69) is 46.5 Å². The second-order valence-corrected chi connectivity index (χ2v) is 16.3. The van der Waals surface area contributed by atoms with E-state index in [-0.39, 0.29) is 39.2 Å². The van der Waals surface area contributed by atoms with E-state index >= 15 is 0 Å². The maximum atomic E-state index is 14.2. The van der Waals surface area contributed by atoms with Gasteiger partial charge in [0.15, 0.2) is 0 Å². The quantitative estimate of drug-likeness (QED) is 0.315. The van der Waals surface area contributed by atoms with Crippen LogP contribution in [0.4, 0.5) is 0 Å². The number of hydrogen-bond donors (Lipinski definition) is 3. The van der Waals surface area contributed by atoms with E-state index in [4.69, 9.17) is 0 Å². The third-order valence-electron chi connectivity index (χ3n) is 14.3. The normalized spacial score (nSPS) is 43.7. The second kappa shape index (κ2) is 10.2. The monoisotopic (exact) mass is 575 g/mol. The molecule has 1 aromatic rings. The van der Waals surface area contributed by atoms with Gasteiger partial charge in [-0.15, -0.1) is 0 Å². The third kappa shape index (κ3) is 4.26. The molecule has 1 amide bonds. The first-order valence-electron chi connectivity index (χ1n) is 16.7. The van der Waals surface area contributed by atoms with Crippen LogP contribution in [0.15, 0.2) is 36.4 Å². The van der Waals surface area contributed by atoms with Gasteiger partial charge in [0.25, 0.3) is 0 Å². The summed E-state index contributed by atoms with van der Waals surface area (Å²) in [5.41, 5.74) is 2.62. The van der Waals surface area contributed by atoms with E-state index in [1.165, 1.54) is 31.3 Å². The second-order valence-electron chi connectivity index (χ2n) is 16.3. The van der Waals surface area contributed by atoms with Gasteiger partial charge in [-0.25, -0.2) is 4.79 Å². The fourth-order valence-electron chi connectivity index (χ4n) is 12.3. The molecule has 230 valence electrons. The number of fused-ring (bicyclic) bond motifs is 7. The molecule has 42 heavy (non-hydrogen) atoms. The van der Waals surface area contributed by atoms with Crippen molar-refractivity contribution in [2.24, 2.45) is 57.2 Å². The largest absolute Gasteiger partial charge is 0.478 e. The van der Waals surface area contributed by atoms with Crippen molar-refractivity contribution in [1.29, 1.82) is 0 Å². The number of allylic oxidation sites excluding steroid dienone is 1. The molecule has 5 aliphatic carbocycles. The van der Waals surface area contributed by atoms with Gasteiger partial charge in [0.1, 0.15) is 0 Å². The molecular weight excluding hydrogens is 522 g/mol. The Labute approximate surface area is 252 Å². The Hall–Kier alpha value is -2.14. The Morgan fingerprint density at radius 2 is 1.55 bits per heavy atom. The molecule has 0 saturated heterocycles. The van der Waals surface area contributed by atoms with Crippen LogP contribution in [0.3, 0.4) is 0 Å². The van der Waals surface area contributed by atoms with Crippen LogP contribution < -0.4 is 5.32 Å². The number of carbonyl (C=O) groups excluding carboxylic acids is 1. The maximum absolute atomic E-state index is 14.2. The zero-order valence-electron chi connectivity index (χ0n) is 26.5. The number of amides is 1. The van der Waals surface area contributed by atoms with Crippen molar-refractivity contribution in [3.8, 4) is 0 Å². The summed E-state index contributed by atoms with van der Waals surface area (Å²) in [7, 11) is 0. The van der Waals surface area contributed by atoms with Crippen molar-refractivity contribution in [2.45, 2.75) is 111 Å². The van der Waals surface area contributed by atoms with Crippen LogP contribution in [0, 0.1) is 57.2 Å². The number of aliphatic hydroxyl groups is 1. The highest BCUT2D eigenvalue weighted by molar-refractivity contribution is 5.87. The highest BCUT2D eigenvalue weighted by Gasteiger charge is 2.68. The summed E-state index contributed by atoms with van der Waals surface area (Å²) in [6.45, 7) is 16.9. The number of aromatic carboxylic acids is 1. The minimum atomic E-state index is -0.934. The fraction of sp³-hybridized carbons (Fsp3) is 0.730. The van der Waals surface area contributed by atoms with Crippen molar-refractivity contribution in [2.75, 3.05) is 0 Å². The van der Waals surface area contributed by atoms with Crippen molar-refractivity contribution < 1.29 is 19.8 Å². The number of hydrogen-bond acceptors (Lipinski definition) is 3. The van der Waals surface area contributed by atoms with Gasteiger partial charge in [-0.1, -0.05) is 52.0 Å². The van der Waals surface area contributed by atoms with Crippen LogP contribution in [0.1, 0.15) is 115 Å². The summed E-state index contributed by atoms with van der Waals surface area (Å²) < 4.78 is 0. The van der Waals surface area contributed by atoms with Crippen LogP contribution in [-0.4, -0.2) is 28.2 Å². The van der Waals surface area contributed by atoms with E-state index in [9.17, 15) is 19.8 Å². The first-order chi connectivity index (χ1) is 19.8. The van der Waals surface area contributed by atoms with Crippen molar-refractivity contribution in [1.82, 2.24) is 5.32 Å². The Bertz CT molecular complexity index is 1250. The van der Waals surface area contributed by atoms with Crippen molar-refractivity contribution in [3.05, 3.63) is 47.5 Å². The Kier molecular flexibility index (Phi) is 7.27. The molecule has 10 atom stereocenters. The summed E-state index contributed by atoms with van der Waals surface area (Å²) in [5, 5.41) is 23.5. The van der Waals surface area contributed by atoms with Crippen LogP contribution in [0.5, 0.6) is 0 Å². The summed E-state index contributed by atoms with van der Waals surface area (Å²) in [6, 6.07) is 6.86. The van der Waals surface area contributed by atoms with E-state index in [0.717, 1.165) is 44.1 Å². The van der Waals surface area contributed by atoms with Gasteiger partial charge in [0, 0.05) is 6.54 Å². The minimum Gasteiger partial charge on any atom is -0.478 e. The van der Waals surface area contributed by atoms with Gasteiger partial charge in [0.2, 0.25) is 5.91 Å². The molecule has 3 N–H and O–H groups in total. The number of nitrogens with one attached hydrogen (secondary N) is 1. The predicted octanol–water partition coefficient (Wildman–Crippen LogP) is 7.63. The lowest BCUT2D eigenvalue weighted by atomic mass is 9.36. The predicted molar refractivity (Wildman–Crippen MR) is 166 cm³/mol. The minimum absolute atomic E-state index is 0.0323. The average Bonchev–Trinajstić information content (AvgIpc) is 3.36. The number of aliphatic hydroxyl groups excluding tert-OH is 1. The topological polar surface area (TPSA) is 86.6 Å². The molecule has 5 aliphatic rings. The van der Waals surface area contributed by atoms with Crippen molar-refractivity contribution >= 4 is 11.9 Å². The fourth-order valence-corrected chi connectivity index (χ4v) is 12.3. The highest BCUT2D eigenvalue weighted by Crippen LogP contribution is 2.73. The lowest BCUT2D eigenvalue weighted by Crippen LogP contribution is -2.64. The molecule has 5 saturated carbocycles. The van der Waals surface area contributed by atoms with Crippen LogP contribution >= 0.6 is 0 Å². The Morgan fingerprint density at radius 3 is 2.21 bits per heavy atom. The van der Waals surface area contributed by atoms with Crippen LogP contribution in [0.2, 0.25) is 0 Å².